The van der Waals surface area contributed by atoms with Crippen molar-refractivity contribution in [2.45, 2.75) is 82.1 Å². The molecule has 1 aromatic carbocycles. The summed E-state index contributed by atoms with van der Waals surface area (Å²) >= 11 is 6.42. The summed E-state index contributed by atoms with van der Waals surface area (Å²) in [6, 6.07) is 7.67. The molecule has 284 valence electrons. The summed E-state index contributed by atoms with van der Waals surface area (Å²) in [6.45, 7) is 7.38. The van der Waals surface area contributed by atoms with E-state index >= 15 is 0 Å². The molecule has 1 aliphatic carbocycles. The summed E-state index contributed by atoms with van der Waals surface area (Å²) < 4.78 is 36.3. The maximum absolute atomic E-state index is 7.18. The van der Waals surface area contributed by atoms with E-state index in [0.29, 0.717) is 99.4 Å². The van der Waals surface area contributed by atoms with Crippen molar-refractivity contribution in [1.82, 2.24) is 30.0 Å². The Morgan fingerprint density at radius 3 is 2.35 bits per heavy atom. The highest BCUT2D eigenvalue weighted by atomic mass is 35.5. The Morgan fingerprint density at radius 2 is 1.62 bits per heavy atom. The van der Waals surface area contributed by atoms with Gasteiger partial charge < -0.3 is 39.1 Å². The molecule has 14 nitrogen and oxygen atoms in total. The smallest absolute Gasteiger partial charge is 0.256 e. The number of aromatic nitrogens is 4. The summed E-state index contributed by atoms with van der Waals surface area (Å²) in [6.07, 6.45) is 14.2. The zero-order chi connectivity index (χ0) is 36.1. The first kappa shape index (κ1) is 38.2. The van der Waals surface area contributed by atoms with Crippen molar-refractivity contribution < 1.29 is 28.4 Å². The van der Waals surface area contributed by atoms with Crippen LogP contribution in [0, 0.1) is 5.41 Å². The number of halogens is 1. The van der Waals surface area contributed by atoms with E-state index in [4.69, 9.17) is 50.5 Å². The summed E-state index contributed by atoms with van der Waals surface area (Å²) in [5, 5.41) is 18.8. The highest BCUT2D eigenvalue weighted by Crippen LogP contribution is 2.39. The van der Waals surface area contributed by atoms with Crippen LogP contribution in [0.1, 0.15) is 57.9 Å². The van der Waals surface area contributed by atoms with Crippen molar-refractivity contribution in [2.24, 2.45) is 0 Å². The second-order valence-corrected chi connectivity index (χ2v) is 14.0. The van der Waals surface area contributed by atoms with Crippen LogP contribution in [0.15, 0.2) is 36.8 Å². The Hall–Kier alpha value is -3.53. The Labute approximate surface area is 311 Å². The fraction of sp³-hybridized carbons (Fsp3) is 0.622. The van der Waals surface area contributed by atoms with Crippen LogP contribution < -0.4 is 20.1 Å². The van der Waals surface area contributed by atoms with E-state index in [1.54, 1.807) is 25.6 Å². The van der Waals surface area contributed by atoms with Gasteiger partial charge in [0.15, 0.2) is 0 Å². The van der Waals surface area contributed by atoms with Crippen molar-refractivity contribution in [2.75, 3.05) is 71.8 Å². The van der Waals surface area contributed by atoms with Crippen molar-refractivity contribution >= 4 is 29.6 Å². The molecule has 6 rings (SSSR count). The first-order valence-corrected chi connectivity index (χ1v) is 18.9. The van der Waals surface area contributed by atoms with Gasteiger partial charge in [-0.1, -0.05) is 17.7 Å². The average molecular weight is 741 g/mol. The third-order valence-electron chi connectivity index (χ3n) is 9.93. The number of hydrogen-bond acceptors (Lipinski definition) is 12. The van der Waals surface area contributed by atoms with Gasteiger partial charge in [0.2, 0.25) is 5.95 Å². The van der Waals surface area contributed by atoms with Crippen molar-refractivity contribution in [3.05, 3.63) is 41.8 Å². The minimum absolute atomic E-state index is 0.178. The lowest BCUT2D eigenvalue weighted by Gasteiger charge is -2.43. The normalized spacial score (nSPS) is 22.2. The first-order valence-electron chi connectivity index (χ1n) is 18.5. The Bertz CT molecular complexity index is 1520. The molecular formula is C37H53ClN8O6. The van der Waals surface area contributed by atoms with Crippen LogP contribution in [-0.2, 0) is 18.9 Å². The molecule has 3 atom stereocenters. The Kier molecular flexibility index (Phi) is 14.3. The summed E-state index contributed by atoms with van der Waals surface area (Å²) in [4.78, 5) is 12.0. The molecular weight excluding hydrogens is 688 g/mol. The van der Waals surface area contributed by atoms with Crippen molar-refractivity contribution in [3.8, 4) is 22.8 Å². The number of nitrogens with one attached hydrogen (secondary N) is 3. The molecule has 2 aromatic heterocycles. The molecule has 2 bridgehead atoms. The van der Waals surface area contributed by atoms with Gasteiger partial charge in [0.05, 0.1) is 76.4 Å². The van der Waals surface area contributed by atoms with Crippen LogP contribution in [0.25, 0.3) is 11.1 Å². The molecule has 1 saturated carbocycles. The Balaban J connectivity index is 1.08. The topological polar surface area (TPSA) is 150 Å². The zero-order valence-electron chi connectivity index (χ0n) is 30.3. The van der Waals surface area contributed by atoms with Gasteiger partial charge in [0.1, 0.15) is 17.5 Å². The minimum Gasteiger partial charge on any atom is -0.487 e. The fourth-order valence-electron chi connectivity index (χ4n) is 7.34. The van der Waals surface area contributed by atoms with Crippen LogP contribution in [-0.4, -0.2) is 122 Å². The van der Waals surface area contributed by atoms with Crippen molar-refractivity contribution in [3.63, 3.8) is 0 Å². The highest BCUT2D eigenvalue weighted by Gasteiger charge is 2.42. The maximum Gasteiger partial charge on any atom is 0.256 e. The van der Waals surface area contributed by atoms with Gasteiger partial charge in [-0.15, -0.1) is 5.10 Å². The van der Waals surface area contributed by atoms with Gasteiger partial charge in [-0.2, -0.15) is 0 Å². The number of methoxy groups -OCH3 is 1. The van der Waals surface area contributed by atoms with Crippen molar-refractivity contribution in [1.29, 1.82) is 5.41 Å². The molecule has 3 aliphatic rings. The minimum atomic E-state index is -0.178. The molecule has 0 spiro atoms. The van der Waals surface area contributed by atoms with Gasteiger partial charge in [0.25, 0.3) is 5.88 Å². The highest BCUT2D eigenvalue weighted by molar-refractivity contribution is 6.32. The monoisotopic (exact) mass is 740 g/mol. The number of morpholine rings is 1. The number of benzene rings is 1. The van der Waals surface area contributed by atoms with Gasteiger partial charge in [-0.05, 0) is 63.1 Å². The summed E-state index contributed by atoms with van der Waals surface area (Å²) in [5.74, 6) is 1.52. The lowest BCUT2D eigenvalue weighted by molar-refractivity contribution is -0.0458. The number of nitrogens with zero attached hydrogens (tertiary/aromatic N) is 5. The standard InChI is InChI=1S/C37H53ClN8O6/c1-26(19-40-25-39)52-35-18-27(4-11-33(35)38)28-20-41-37(42-21-28)43-34-22-45(44-36(34)51-13-3-12-48-16-17-49-15-14-47-2)29-5-7-30(8-6-29)46-31-9-10-32(46)24-50-23-31/h4,11,18,20-22,25-26,29-32H,3,5-10,12-17,19,23-24H2,1-2H3,(H2,39,40)(H,41,42,43)/t26-,29-,30-,31?,32?/m0/s1. The predicted octanol–water partition coefficient (Wildman–Crippen LogP) is 5.50. The van der Waals surface area contributed by atoms with E-state index in [1.807, 2.05) is 25.3 Å². The summed E-state index contributed by atoms with van der Waals surface area (Å²) in [7, 11) is 1.66. The average Bonchev–Trinajstić information content (AvgIpc) is 3.68. The molecule has 52 heavy (non-hydrogen) atoms. The lowest BCUT2D eigenvalue weighted by Crippen LogP contribution is -2.52. The first-order chi connectivity index (χ1) is 25.5. The molecule has 2 unspecified atom stereocenters. The Morgan fingerprint density at radius 1 is 0.923 bits per heavy atom. The number of anilines is 2. The lowest BCUT2D eigenvalue weighted by atomic mass is 9.89. The van der Waals surface area contributed by atoms with Crippen LogP contribution in [0.2, 0.25) is 5.02 Å². The van der Waals surface area contributed by atoms with Crippen LogP contribution >= 0.6 is 11.6 Å². The predicted molar refractivity (Wildman–Crippen MR) is 199 cm³/mol. The largest absolute Gasteiger partial charge is 0.487 e. The second kappa shape index (κ2) is 19.5. The van der Waals surface area contributed by atoms with Crippen LogP contribution in [0.5, 0.6) is 11.6 Å². The number of hydrogen-bond donors (Lipinski definition) is 3. The van der Waals surface area contributed by atoms with E-state index in [0.717, 1.165) is 62.0 Å². The molecule has 2 saturated heterocycles. The summed E-state index contributed by atoms with van der Waals surface area (Å²) in [5.41, 5.74) is 2.42. The molecule has 0 radical (unpaired) electrons. The quantitative estimate of drug-likeness (QED) is 0.0720. The van der Waals surface area contributed by atoms with Crippen LogP contribution in [0.3, 0.4) is 0 Å². The fourth-order valence-corrected chi connectivity index (χ4v) is 7.51. The molecule has 15 heteroatoms. The maximum atomic E-state index is 7.18. The van der Waals surface area contributed by atoms with Crippen LogP contribution in [0.4, 0.5) is 11.6 Å². The van der Waals surface area contributed by atoms with Gasteiger partial charge in [-0.25, -0.2) is 9.97 Å². The third-order valence-corrected chi connectivity index (χ3v) is 10.2. The van der Waals surface area contributed by atoms with E-state index in [2.05, 4.69) is 30.2 Å². The molecule has 2 aliphatic heterocycles. The molecule has 3 fully saturated rings. The number of ether oxygens (including phenoxy) is 6. The van der Waals surface area contributed by atoms with E-state index in [1.165, 1.54) is 12.8 Å². The number of fused-ring (bicyclic) bond motifs is 2. The second-order valence-electron chi connectivity index (χ2n) is 13.6. The molecule has 4 heterocycles. The molecule has 3 N–H and O–H groups in total. The van der Waals surface area contributed by atoms with Gasteiger partial charge in [-0.3, -0.25) is 15.0 Å². The third kappa shape index (κ3) is 10.3. The van der Waals surface area contributed by atoms with E-state index in [-0.39, 0.29) is 6.10 Å². The van der Waals surface area contributed by atoms with E-state index in [9.17, 15) is 0 Å². The molecule has 0 amide bonds. The van der Waals surface area contributed by atoms with E-state index < -0.39 is 0 Å². The SMILES string of the molecule is COCCOCCOCCCOc1nn([C@H]2CC[C@H](N3C4CCC3COC4)CC2)cc1Nc1ncc(-c2ccc(Cl)c(O[C@@H](C)CNC=N)c2)cn1. The van der Waals surface area contributed by atoms with Gasteiger partial charge in [0, 0.05) is 56.2 Å². The van der Waals surface area contributed by atoms with Gasteiger partial charge >= 0.3 is 0 Å². The zero-order valence-corrected chi connectivity index (χ0v) is 31.1. The number of rotatable bonds is 21. The molecule has 3 aromatic rings.